The second-order valence-corrected chi connectivity index (χ2v) is 10.1. The van der Waals surface area contributed by atoms with E-state index in [9.17, 15) is 8.42 Å². The van der Waals surface area contributed by atoms with E-state index in [1.54, 1.807) is 16.4 Å². The summed E-state index contributed by atoms with van der Waals surface area (Å²) in [6.07, 6.45) is 2.68. The average Bonchev–Trinajstić information content (AvgIpc) is 2.85. The number of methoxy groups -OCH3 is 2. The maximum atomic E-state index is 13.1. The van der Waals surface area contributed by atoms with Crippen molar-refractivity contribution in [2.75, 3.05) is 27.3 Å². The van der Waals surface area contributed by atoms with Gasteiger partial charge in [0.2, 0.25) is 10.0 Å². The van der Waals surface area contributed by atoms with Crippen LogP contribution in [-0.2, 0) is 16.4 Å². The van der Waals surface area contributed by atoms with Crippen molar-refractivity contribution in [3.63, 3.8) is 0 Å². The second kappa shape index (κ2) is 9.76. The van der Waals surface area contributed by atoms with Gasteiger partial charge in [-0.25, -0.2) is 8.42 Å². The van der Waals surface area contributed by atoms with Crippen LogP contribution in [0.3, 0.4) is 0 Å². The van der Waals surface area contributed by atoms with E-state index < -0.39 is 10.0 Å². The van der Waals surface area contributed by atoms with Crippen LogP contribution in [0.2, 0.25) is 0 Å². The minimum absolute atomic E-state index is 0.241. The fraction of sp³-hybridized carbons (Fsp3) is 0.308. The number of piperidine rings is 1. The maximum Gasteiger partial charge on any atom is 0.243 e. The molecule has 1 fully saturated rings. The molecule has 0 atom stereocenters. The third-order valence-electron chi connectivity index (χ3n) is 6.15. The van der Waals surface area contributed by atoms with Crippen LogP contribution in [0.4, 0.5) is 0 Å². The molecule has 0 aliphatic carbocycles. The van der Waals surface area contributed by atoms with Crippen LogP contribution in [0.15, 0.2) is 77.7 Å². The fourth-order valence-corrected chi connectivity index (χ4v) is 5.76. The van der Waals surface area contributed by atoms with Crippen LogP contribution in [0, 0.1) is 5.92 Å². The molecule has 3 aromatic rings. The van der Waals surface area contributed by atoms with Crippen molar-refractivity contribution >= 4 is 10.0 Å². The van der Waals surface area contributed by atoms with Crippen molar-refractivity contribution < 1.29 is 17.9 Å². The summed E-state index contributed by atoms with van der Waals surface area (Å²) in [6.45, 7) is 1.06. The lowest BCUT2D eigenvalue weighted by molar-refractivity contribution is 0.272. The van der Waals surface area contributed by atoms with Gasteiger partial charge in [0.15, 0.2) is 11.5 Å². The Morgan fingerprint density at radius 1 is 0.812 bits per heavy atom. The van der Waals surface area contributed by atoms with Crippen molar-refractivity contribution in [2.45, 2.75) is 24.2 Å². The summed E-state index contributed by atoms with van der Waals surface area (Å²) >= 11 is 0. The highest BCUT2D eigenvalue weighted by molar-refractivity contribution is 7.89. The van der Waals surface area contributed by atoms with E-state index in [1.807, 2.05) is 18.2 Å². The van der Waals surface area contributed by atoms with Gasteiger partial charge in [-0.15, -0.1) is 0 Å². The van der Waals surface area contributed by atoms with Crippen molar-refractivity contribution in [1.29, 1.82) is 0 Å². The molecular weight excluding hydrogens is 422 g/mol. The molecular formula is C26H29NO4S. The smallest absolute Gasteiger partial charge is 0.243 e. The van der Waals surface area contributed by atoms with Gasteiger partial charge >= 0.3 is 0 Å². The Balaban J connectivity index is 1.37. The predicted molar refractivity (Wildman–Crippen MR) is 127 cm³/mol. The van der Waals surface area contributed by atoms with E-state index in [0.717, 1.165) is 19.3 Å². The Bertz CT molecular complexity index is 1140. The van der Waals surface area contributed by atoms with E-state index in [-0.39, 0.29) is 4.90 Å². The first kappa shape index (κ1) is 22.4. The zero-order valence-corrected chi connectivity index (χ0v) is 19.3. The molecule has 0 N–H and O–H groups in total. The topological polar surface area (TPSA) is 55.8 Å². The summed E-state index contributed by atoms with van der Waals surface area (Å²) in [5.41, 5.74) is 3.73. The van der Waals surface area contributed by atoms with Crippen LogP contribution >= 0.6 is 0 Å². The average molecular weight is 452 g/mol. The molecule has 0 radical (unpaired) electrons. The number of nitrogens with zero attached hydrogens (tertiary/aromatic N) is 1. The standard InChI is InChI=1S/C26H29NO4S/c1-30-25-13-12-24(19-26(25)31-2)32(28,29)27-16-14-21(15-17-27)18-20-8-10-23(11-9-20)22-6-4-3-5-7-22/h3-13,19,21H,14-18H2,1-2H3. The molecule has 0 amide bonds. The fourth-order valence-electron chi connectivity index (χ4n) is 4.28. The van der Waals surface area contributed by atoms with E-state index in [1.165, 1.54) is 37.0 Å². The summed E-state index contributed by atoms with van der Waals surface area (Å²) in [5.74, 6) is 1.42. The first-order valence-electron chi connectivity index (χ1n) is 10.9. The van der Waals surface area contributed by atoms with Gasteiger partial charge in [0, 0.05) is 19.2 Å². The molecule has 0 spiro atoms. The number of ether oxygens (including phenoxy) is 2. The largest absolute Gasteiger partial charge is 0.493 e. The number of hydrogen-bond donors (Lipinski definition) is 0. The molecule has 168 valence electrons. The second-order valence-electron chi connectivity index (χ2n) is 8.13. The SMILES string of the molecule is COc1ccc(S(=O)(=O)N2CCC(Cc3ccc(-c4ccccc4)cc3)CC2)cc1OC. The first-order valence-corrected chi connectivity index (χ1v) is 12.3. The van der Waals surface area contributed by atoms with Gasteiger partial charge in [0.05, 0.1) is 19.1 Å². The molecule has 1 heterocycles. The van der Waals surface area contributed by atoms with Gasteiger partial charge in [-0.2, -0.15) is 4.31 Å². The van der Waals surface area contributed by atoms with Crippen molar-refractivity contribution in [3.8, 4) is 22.6 Å². The molecule has 4 rings (SSSR count). The number of hydrogen-bond acceptors (Lipinski definition) is 4. The molecule has 1 aliphatic rings. The first-order chi connectivity index (χ1) is 15.5. The molecule has 32 heavy (non-hydrogen) atoms. The molecule has 0 bridgehead atoms. The molecule has 1 aliphatic heterocycles. The highest BCUT2D eigenvalue weighted by atomic mass is 32.2. The third-order valence-corrected chi connectivity index (χ3v) is 8.05. The lowest BCUT2D eigenvalue weighted by Crippen LogP contribution is -2.38. The van der Waals surface area contributed by atoms with Gasteiger partial charge in [0.25, 0.3) is 0 Å². The summed E-state index contributed by atoms with van der Waals surface area (Å²) in [4.78, 5) is 0.241. The molecule has 6 heteroatoms. The van der Waals surface area contributed by atoms with Gasteiger partial charge in [0.1, 0.15) is 0 Å². The van der Waals surface area contributed by atoms with Gasteiger partial charge in [-0.05, 0) is 54.0 Å². The molecule has 1 saturated heterocycles. The Morgan fingerprint density at radius 2 is 1.44 bits per heavy atom. The van der Waals surface area contributed by atoms with Crippen LogP contribution in [-0.4, -0.2) is 40.0 Å². The lowest BCUT2D eigenvalue weighted by Gasteiger charge is -2.31. The van der Waals surface area contributed by atoms with Gasteiger partial charge in [-0.1, -0.05) is 54.6 Å². The minimum Gasteiger partial charge on any atom is -0.493 e. The Kier molecular flexibility index (Phi) is 6.82. The van der Waals surface area contributed by atoms with Crippen molar-refractivity contribution in [1.82, 2.24) is 4.31 Å². The van der Waals surface area contributed by atoms with E-state index in [4.69, 9.17) is 9.47 Å². The van der Waals surface area contributed by atoms with Crippen LogP contribution in [0.1, 0.15) is 18.4 Å². The van der Waals surface area contributed by atoms with Gasteiger partial charge in [-0.3, -0.25) is 0 Å². The summed E-state index contributed by atoms with van der Waals surface area (Å²) in [5, 5.41) is 0. The van der Waals surface area contributed by atoms with Crippen molar-refractivity contribution in [2.24, 2.45) is 5.92 Å². The molecule has 0 saturated carbocycles. The van der Waals surface area contributed by atoms with Crippen LogP contribution < -0.4 is 9.47 Å². The van der Waals surface area contributed by atoms with Crippen LogP contribution in [0.5, 0.6) is 11.5 Å². The summed E-state index contributed by atoms with van der Waals surface area (Å²) in [7, 11) is -0.515. The Morgan fingerprint density at radius 3 is 2.06 bits per heavy atom. The quantitative estimate of drug-likeness (QED) is 0.506. The zero-order chi connectivity index (χ0) is 22.6. The zero-order valence-electron chi connectivity index (χ0n) is 18.5. The monoisotopic (exact) mass is 451 g/mol. The van der Waals surface area contributed by atoms with E-state index in [2.05, 4.69) is 36.4 Å². The highest BCUT2D eigenvalue weighted by Crippen LogP contribution is 2.32. The number of sulfonamides is 1. The summed E-state index contributed by atoms with van der Waals surface area (Å²) in [6, 6.07) is 23.8. The van der Waals surface area contributed by atoms with E-state index in [0.29, 0.717) is 30.5 Å². The molecule has 0 aromatic heterocycles. The normalized spacial score (nSPS) is 15.4. The molecule has 3 aromatic carbocycles. The van der Waals surface area contributed by atoms with Crippen LogP contribution in [0.25, 0.3) is 11.1 Å². The minimum atomic E-state index is -3.55. The number of rotatable bonds is 7. The molecule has 5 nitrogen and oxygen atoms in total. The number of benzene rings is 3. The summed E-state index contributed by atoms with van der Waals surface area (Å²) < 4.78 is 38.3. The van der Waals surface area contributed by atoms with E-state index >= 15 is 0 Å². The molecule has 0 unspecified atom stereocenters. The third kappa shape index (κ3) is 4.81. The highest BCUT2D eigenvalue weighted by Gasteiger charge is 2.30. The van der Waals surface area contributed by atoms with Gasteiger partial charge < -0.3 is 9.47 Å². The van der Waals surface area contributed by atoms with Crippen molar-refractivity contribution in [3.05, 3.63) is 78.4 Å². The Hall–Kier alpha value is -2.83. The predicted octanol–water partition coefficient (Wildman–Crippen LogP) is 5.01. The lowest BCUT2D eigenvalue weighted by atomic mass is 9.90. The Labute approximate surface area is 190 Å². The maximum absolute atomic E-state index is 13.1.